The van der Waals surface area contributed by atoms with Gasteiger partial charge in [0.1, 0.15) is 0 Å². The van der Waals surface area contributed by atoms with Gasteiger partial charge >= 0.3 is 0 Å². The molecule has 5 heteroatoms. The fraction of sp³-hybridized carbons (Fsp3) is 0.611. The number of carbonyl (C=O) groups excluding carboxylic acids is 1. The van der Waals surface area contributed by atoms with Crippen molar-refractivity contribution in [3.63, 3.8) is 0 Å². The fourth-order valence-corrected chi connectivity index (χ4v) is 3.99. The summed E-state index contributed by atoms with van der Waals surface area (Å²) in [6.07, 6.45) is 1.86. The molecule has 0 aromatic heterocycles. The lowest BCUT2D eigenvalue weighted by atomic mass is 9.95. The molecular formula is C18H25NO3S. The van der Waals surface area contributed by atoms with Crippen molar-refractivity contribution in [3.05, 3.63) is 29.8 Å². The highest BCUT2D eigenvalue weighted by Gasteiger charge is 2.31. The zero-order chi connectivity index (χ0) is 16.2. The Morgan fingerprint density at radius 3 is 2.30 bits per heavy atom. The number of likely N-dealkylation sites (tertiary alicyclic amines) is 1. The average Bonchev–Trinajstić information content (AvgIpc) is 3.09. The van der Waals surface area contributed by atoms with Crippen LogP contribution in [0.25, 0.3) is 0 Å². The SMILES string of the molecule is CC(C)Sc1ccc(C(=O)N2CCC(C3OCCO3)CC2)cc1. The monoisotopic (exact) mass is 335 g/mol. The predicted molar refractivity (Wildman–Crippen MR) is 91.8 cm³/mol. The molecule has 126 valence electrons. The molecule has 2 aliphatic heterocycles. The van der Waals surface area contributed by atoms with E-state index in [4.69, 9.17) is 9.47 Å². The van der Waals surface area contributed by atoms with E-state index < -0.39 is 0 Å². The van der Waals surface area contributed by atoms with Gasteiger partial charge in [0.2, 0.25) is 0 Å². The third-order valence-corrected chi connectivity index (χ3v) is 5.35. The average molecular weight is 335 g/mol. The van der Waals surface area contributed by atoms with Gasteiger partial charge in [-0.1, -0.05) is 13.8 Å². The summed E-state index contributed by atoms with van der Waals surface area (Å²) >= 11 is 1.82. The van der Waals surface area contributed by atoms with Crippen LogP contribution in [0.4, 0.5) is 0 Å². The first-order chi connectivity index (χ1) is 11.1. The normalized spacial score (nSPS) is 20.4. The molecule has 0 atom stereocenters. The number of hydrogen-bond acceptors (Lipinski definition) is 4. The first-order valence-corrected chi connectivity index (χ1v) is 9.30. The lowest BCUT2D eigenvalue weighted by molar-refractivity contribution is -0.0956. The number of hydrogen-bond donors (Lipinski definition) is 0. The van der Waals surface area contributed by atoms with E-state index in [0.717, 1.165) is 31.5 Å². The largest absolute Gasteiger partial charge is 0.350 e. The number of benzene rings is 1. The van der Waals surface area contributed by atoms with Crippen molar-refractivity contribution in [2.24, 2.45) is 5.92 Å². The van der Waals surface area contributed by atoms with Gasteiger partial charge in [0.15, 0.2) is 6.29 Å². The van der Waals surface area contributed by atoms with Gasteiger partial charge in [0.25, 0.3) is 5.91 Å². The topological polar surface area (TPSA) is 38.8 Å². The van der Waals surface area contributed by atoms with Crippen LogP contribution in [0.3, 0.4) is 0 Å². The Balaban J connectivity index is 1.54. The molecule has 2 saturated heterocycles. The Morgan fingerprint density at radius 2 is 1.74 bits per heavy atom. The number of ether oxygens (including phenoxy) is 2. The minimum atomic E-state index is -0.0559. The van der Waals surface area contributed by atoms with Gasteiger partial charge in [-0.25, -0.2) is 0 Å². The van der Waals surface area contributed by atoms with Gasteiger partial charge in [-0.3, -0.25) is 4.79 Å². The molecule has 1 amide bonds. The molecule has 0 N–H and O–H groups in total. The molecule has 0 aliphatic carbocycles. The van der Waals surface area contributed by atoms with E-state index in [2.05, 4.69) is 13.8 Å². The predicted octanol–water partition coefficient (Wildman–Crippen LogP) is 3.41. The van der Waals surface area contributed by atoms with E-state index in [-0.39, 0.29) is 12.2 Å². The van der Waals surface area contributed by atoms with E-state index in [1.54, 1.807) is 0 Å². The number of thioether (sulfide) groups is 1. The molecule has 2 aliphatic rings. The molecule has 0 spiro atoms. The summed E-state index contributed by atoms with van der Waals surface area (Å²) in [6, 6.07) is 7.99. The third-order valence-electron chi connectivity index (χ3n) is 4.33. The van der Waals surface area contributed by atoms with Gasteiger partial charge in [0, 0.05) is 34.7 Å². The van der Waals surface area contributed by atoms with Crippen LogP contribution in [0.15, 0.2) is 29.2 Å². The van der Waals surface area contributed by atoms with Gasteiger partial charge < -0.3 is 14.4 Å². The zero-order valence-corrected chi connectivity index (χ0v) is 14.7. The van der Waals surface area contributed by atoms with Gasteiger partial charge in [-0.2, -0.15) is 0 Å². The van der Waals surface area contributed by atoms with Crippen LogP contribution in [0.1, 0.15) is 37.0 Å². The summed E-state index contributed by atoms with van der Waals surface area (Å²) in [5.74, 6) is 0.559. The van der Waals surface area contributed by atoms with Crippen LogP contribution in [-0.4, -0.2) is 48.7 Å². The van der Waals surface area contributed by atoms with E-state index >= 15 is 0 Å². The highest BCUT2D eigenvalue weighted by molar-refractivity contribution is 7.99. The number of carbonyl (C=O) groups is 1. The molecule has 0 unspecified atom stereocenters. The van der Waals surface area contributed by atoms with Crippen LogP contribution in [0.2, 0.25) is 0 Å². The summed E-state index contributed by atoms with van der Waals surface area (Å²) in [6.45, 7) is 7.32. The lowest BCUT2D eigenvalue weighted by Gasteiger charge is -2.33. The van der Waals surface area contributed by atoms with Crippen LogP contribution in [0.5, 0.6) is 0 Å². The number of piperidine rings is 1. The van der Waals surface area contributed by atoms with Crippen molar-refractivity contribution in [2.45, 2.75) is 43.1 Å². The summed E-state index contributed by atoms with van der Waals surface area (Å²) in [5.41, 5.74) is 0.782. The zero-order valence-electron chi connectivity index (χ0n) is 13.9. The van der Waals surface area contributed by atoms with Crippen molar-refractivity contribution in [1.29, 1.82) is 0 Å². The van der Waals surface area contributed by atoms with Crippen LogP contribution >= 0.6 is 11.8 Å². The molecule has 0 bridgehead atoms. The number of nitrogens with zero attached hydrogens (tertiary/aromatic N) is 1. The Hall–Kier alpha value is -1.04. The van der Waals surface area contributed by atoms with Crippen molar-refractivity contribution in [3.8, 4) is 0 Å². The van der Waals surface area contributed by atoms with Crippen LogP contribution < -0.4 is 0 Å². The molecule has 1 aromatic carbocycles. The Morgan fingerprint density at radius 1 is 1.13 bits per heavy atom. The summed E-state index contributed by atoms with van der Waals surface area (Å²) < 4.78 is 11.2. The molecule has 2 heterocycles. The first-order valence-electron chi connectivity index (χ1n) is 8.42. The summed E-state index contributed by atoms with van der Waals surface area (Å²) in [7, 11) is 0. The Labute approximate surface area is 142 Å². The van der Waals surface area contributed by atoms with Crippen molar-refractivity contribution >= 4 is 17.7 Å². The molecule has 23 heavy (non-hydrogen) atoms. The maximum Gasteiger partial charge on any atom is 0.253 e. The van der Waals surface area contributed by atoms with Gasteiger partial charge in [-0.05, 0) is 37.1 Å². The Kier molecular flexibility index (Phi) is 5.62. The third kappa shape index (κ3) is 4.28. The van der Waals surface area contributed by atoms with E-state index in [1.165, 1.54) is 4.90 Å². The van der Waals surface area contributed by atoms with E-state index in [0.29, 0.717) is 24.4 Å². The second-order valence-electron chi connectivity index (χ2n) is 6.43. The molecule has 2 fully saturated rings. The molecular weight excluding hydrogens is 310 g/mol. The summed E-state index contributed by atoms with van der Waals surface area (Å²) in [5, 5.41) is 0.551. The maximum atomic E-state index is 12.6. The molecule has 4 nitrogen and oxygen atoms in total. The molecule has 0 saturated carbocycles. The highest BCUT2D eigenvalue weighted by atomic mass is 32.2. The van der Waals surface area contributed by atoms with Crippen molar-refractivity contribution < 1.29 is 14.3 Å². The fourth-order valence-electron chi connectivity index (χ4n) is 3.15. The maximum absolute atomic E-state index is 12.6. The standard InChI is InChI=1S/C18H25NO3S/c1-13(2)23-16-5-3-14(4-6-16)17(20)19-9-7-15(8-10-19)18-21-11-12-22-18/h3-6,13,15,18H,7-12H2,1-2H3. The minimum absolute atomic E-state index is 0.0559. The smallest absolute Gasteiger partial charge is 0.253 e. The van der Waals surface area contributed by atoms with Crippen molar-refractivity contribution in [1.82, 2.24) is 4.90 Å². The highest BCUT2D eigenvalue weighted by Crippen LogP contribution is 2.27. The second-order valence-corrected chi connectivity index (χ2v) is 8.08. The van der Waals surface area contributed by atoms with Crippen LogP contribution in [0, 0.1) is 5.92 Å². The van der Waals surface area contributed by atoms with Gasteiger partial charge in [-0.15, -0.1) is 11.8 Å². The lowest BCUT2D eigenvalue weighted by Crippen LogP contribution is -2.41. The minimum Gasteiger partial charge on any atom is -0.350 e. The Bertz CT molecular complexity index is 518. The molecule has 0 radical (unpaired) electrons. The number of amides is 1. The van der Waals surface area contributed by atoms with Gasteiger partial charge in [0.05, 0.1) is 13.2 Å². The van der Waals surface area contributed by atoms with E-state index in [9.17, 15) is 4.79 Å². The molecule has 3 rings (SSSR count). The molecule has 1 aromatic rings. The quantitative estimate of drug-likeness (QED) is 0.791. The summed E-state index contributed by atoms with van der Waals surface area (Å²) in [4.78, 5) is 15.8. The van der Waals surface area contributed by atoms with Crippen LogP contribution in [-0.2, 0) is 9.47 Å². The second kappa shape index (κ2) is 7.69. The first kappa shape index (κ1) is 16.8. The van der Waals surface area contributed by atoms with Crippen molar-refractivity contribution in [2.75, 3.05) is 26.3 Å². The van der Waals surface area contributed by atoms with E-state index in [1.807, 2.05) is 40.9 Å². The number of rotatable bonds is 4.